The zero-order valence-electron chi connectivity index (χ0n) is 14.7. The average Bonchev–Trinajstić information content (AvgIpc) is 2.70. The van der Waals surface area contributed by atoms with E-state index >= 15 is 0 Å². The third-order valence-corrected chi connectivity index (χ3v) is 4.28. The molecule has 0 fully saturated rings. The third kappa shape index (κ3) is 3.54. The summed E-state index contributed by atoms with van der Waals surface area (Å²) in [6.07, 6.45) is -4.98. The number of benzene rings is 3. The maximum Gasteiger partial charge on any atom is 0.453 e. The van der Waals surface area contributed by atoms with Crippen molar-refractivity contribution in [2.75, 3.05) is 0 Å². The van der Waals surface area contributed by atoms with Gasteiger partial charge >= 0.3 is 6.18 Å². The Morgan fingerprint density at radius 3 is 2.31 bits per heavy atom. The van der Waals surface area contributed by atoms with Gasteiger partial charge in [0.1, 0.15) is 17.1 Å². The Morgan fingerprint density at radius 2 is 1.59 bits per heavy atom. The lowest BCUT2D eigenvalue weighted by Gasteiger charge is -2.15. The van der Waals surface area contributed by atoms with Crippen LogP contribution in [-0.4, -0.2) is 5.11 Å². The van der Waals surface area contributed by atoms with Gasteiger partial charge in [0.05, 0.1) is 5.39 Å². The number of halogens is 3. The normalized spacial score (nSPS) is 11.6. The highest BCUT2D eigenvalue weighted by molar-refractivity contribution is 5.80. The molecule has 1 heterocycles. The number of phenols is 1. The predicted molar refractivity (Wildman–Crippen MR) is 101 cm³/mol. The van der Waals surface area contributed by atoms with Gasteiger partial charge in [-0.15, -0.1) is 0 Å². The Bertz CT molecular complexity index is 1240. The van der Waals surface area contributed by atoms with Gasteiger partial charge in [-0.3, -0.25) is 4.79 Å². The van der Waals surface area contributed by atoms with E-state index in [0.717, 1.165) is 6.07 Å². The van der Waals surface area contributed by atoms with Gasteiger partial charge in [0.25, 0.3) is 5.76 Å². The van der Waals surface area contributed by atoms with Crippen molar-refractivity contribution in [3.63, 3.8) is 0 Å². The standard InChI is InChI=1S/C22H13F3O4/c23-22(24,25)21-20(19(27)16-11-10-14(26)12-18(16)29-21)28-17-9-5-4-8-15(17)13-6-2-1-3-7-13/h1-12,26H. The summed E-state index contributed by atoms with van der Waals surface area (Å²) < 4.78 is 51.3. The van der Waals surface area contributed by atoms with Crippen molar-refractivity contribution in [1.29, 1.82) is 0 Å². The lowest BCUT2D eigenvalue weighted by Crippen LogP contribution is -2.15. The molecule has 0 saturated heterocycles. The Labute approximate surface area is 162 Å². The number of phenolic OH excluding ortho intramolecular Hbond substituents is 1. The van der Waals surface area contributed by atoms with E-state index in [2.05, 4.69) is 0 Å². The summed E-state index contributed by atoms with van der Waals surface area (Å²) >= 11 is 0. The van der Waals surface area contributed by atoms with Crippen LogP contribution in [0, 0.1) is 0 Å². The van der Waals surface area contributed by atoms with Gasteiger partial charge < -0.3 is 14.3 Å². The molecule has 146 valence electrons. The Hall–Kier alpha value is -3.74. The molecule has 0 atom stereocenters. The lowest BCUT2D eigenvalue weighted by molar-refractivity contribution is -0.154. The van der Waals surface area contributed by atoms with Gasteiger partial charge in [-0.25, -0.2) is 0 Å². The number of hydrogen-bond donors (Lipinski definition) is 1. The van der Waals surface area contributed by atoms with Crippen LogP contribution in [0.2, 0.25) is 0 Å². The van der Waals surface area contributed by atoms with Crippen LogP contribution in [0.3, 0.4) is 0 Å². The minimum Gasteiger partial charge on any atom is -0.508 e. The Balaban J connectivity index is 1.93. The van der Waals surface area contributed by atoms with Crippen molar-refractivity contribution in [1.82, 2.24) is 0 Å². The van der Waals surface area contributed by atoms with Gasteiger partial charge in [0.2, 0.25) is 11.2 Å². The summed E-state index contributed by atoms with van der Waals surface area (Å²) in [4.78, 5) is 12.8. The molecular weight excluding hydrogens is 385 g/mol. The van der Waals surface area contributed by atoms with Crippen LogP contribution in [0.25, 0.3) is 22.1 Å². The van der Waals surface area contributed by atoms with E-state index in [9.17, 15) is 23.1 Å². The SMILES string of the molecule is O=c1c(Oc2ccccc2-c2ccccc2)c(C(F)(F)F)oc2cc(O)ccc12. The average molecular weight is 398 g/mol. The van der Waals surface area contributed by atoms with Crippen LogP contribution in [0.5, 0.6) is 17.2 Å². The van der Waals surface area contributed by atoms with Crippen LogP contribution in [0.4, 0.5) is 13.2 Å². The molecule has 7 heteroatoms. The summed E-state index contributed by atoms with van der Waals surface area (Å²) in [5.41, 5.74) is -0.134. The van der Waals surface area contributed by atoms with E-state index < -0.39 is 23.1 Å². The highest BCUT2D eigenvalue weighted by atomic mass is 19.4. The molecule has 4 rings (SSSR count). The summed E-state index contributed by atoms with van der Waals surface area (Å²) in [6.45, 7) is 0. The molecule has 0 unspecified atom stereocenters. The molecule has 0 amide bonds. The van der Waals surface area contributed by atoms with E-state index in [4.69, 9.17) is 9.15 Å². The summed E-state index contributed by atoms with van der Waals surface area (Å²) in [5.74, 6) is -2.77. The fourth-order valence-corrected chi connectivity index (χ4v) is 2.97. The lowest BCUT2D eigenvalue weighted by atomic mass is 10.0. The van der Waals surface area contributed by atoms with Crippen molar-refractivity contribution in [2.45, 2.75) is 6.18 Å². The molecule has 0 spiro atoms. The maximum absolute atomic E-state index is 13.6. The number of ether oxygens (including phenoxy) is 1. The second-order valence-corrected chi connectivity index (χ2v) is 6.23. The van der Waals surface area contributed by atoms with Crippen molar-refractivity contribution in [3.05, 3.63) is 88.8 Å². The van der Waals surface area contributed by atoms with E-state index in [1.807, 2.05) is 6.07 Å². The second kappa shape index (κ2) is 7.01. The zero-order valence-corrected chi connectivity index (χ0v) is 14.7. The van der Waals surface area contributed by atoms with Crippen LogP contribution < -0.4 is 10.2 Å². The Kier molecular flexibility index (Phi) is 4.50. The minimum atomic E-state index is -4.98. The largest absolute Gasteiger partial charge is 0.508 e. The molecule has 0 aliphatic rings. The number of fused-ring (bicyclic) bond motifs is 1. The summed E-state index contributed by atoms with van der Waals surface area (Å²) in [5, 5.41) is 9.37. The van der Waals surface area contributed by atoms with E-state index in [0.29, 0.717) is 11.1 Å². The number of para-hydroxylation sites is 1. The maximum atomic E-state index is 13.6. The molecule has 4 aromatic rings. The molecule has 3 aromatic carbocycles. The van der Waals surface area contributed by atoms with Crippen LogP contribution in [0.1, 0.15) is 5.76 Å². The molecule has 1 aromatic heterocycles. The minimum absolute atomic E-state index is 0.0784. The monoisotopic (exact) mass is 398 g/mol. The van der Waals surface area contributed by atoms with Crippen LogP contribution in [-0.2, 0) is 6.18 Å². The molecule has 4 nitrogen and oxygen atoms in total. The van der Waals surface area contributed by atoms with Crippen LogP contribution in [0.15, 0.2) is 82.0 Å². The predicted octanol–water partition coefficient (Wildman–Crippen LogP) is 5.98. The van der Waals surface area contributed by atoms with Gasteiger partial charge in [-0.1, -0.05) is 48.5 Å². The topological polar surface area (TPSA) is 59.7 Å². The van der Waals surface area contributed by atoms with Gasteiger partial charge in [-0.05, 0) is 23.8 Å². The van der Waals surface area contributed by atoms with Gasteiger partial charge in [-0.2, -0.15) is 13.2 Å². The fraction of sp³-hybridized carbons (Fsp3) is 0.0455. The highest BCUT2D eigenvalue weighted by Gasteiger charge is 2.40. The molecule has 0 radical (unpaired) electrons. The quantitative estimate of drug-likeness (QED) is 0.461. The van der Waals surface area contributed by atoms with Gasteiger partial charge in [0.15, 0.2) is 0 Å². The number of rotatable bonds is 3. The van der Waals surface area contributed by atoms with E-state index in [1.54, 1.807) is 42.5 Å². The van der Waals surface area contributed by atoms with E-state index in [1.165, 1.54) is 18.2 Å². The molecule has 0 aliphatic carbocycles. The van der Waals surface area contributed by atoms with Crippen LogP contribution >= 0.6 is 0 Å². The molecule has 1 N–H and O–H groups in total. The van der Waals surface area contributed by atoms with Crippen molar-refractivity contribution in [3.8, 4) is 28.4 Å². The first-order valence-corrected chi connectivity index (χ1v) is 8.54. The number of alkyl halides is 3. The van der Waals surface area contributed by atoms with Gasteiger partial charge in [0, 0.05) is 11.6 Å². The smallest absolute Gasteiger partial charge is 0.453 e. The van der Waals surface area contributed by atoms with E-state index in [-0.39, 0.29) is 22.5 Å². The number of aromatic hydroxyl groups is 1. The fourth-order valence-electron chi connectivity index (χ4n) is 2.97. The highest BCUT2D eigenvalue weighted by Crippen LogP contribution is 2.40. The van der Waals surface area contributed by atoms with Crippen molar-refractivity contribution in [2.24, 2.45) is 0 Å². The zero-order chi connectivity index (χ0) is 20.6. The molecule has 0 bridgehead atoms. The molecule has 0 aliphatic heterocycles. The number of hydrogen-bond acceptors (Lipinski definition) is 4. The van der Waals surface area contributed by atoms with Crippen molar-refractivity contribution < 1.29 is 27.4 Å². The molecule has 0 saturated carbocycles. The molecule has 29 heavy (non-hydrogen) atoms. The first-order chi connectivity index (χ1) is 13.8. The molecular formula is C22H13F3O4. The second-order valence-electron chi connectivity index (χ2n) is 6.23. The summed E-state index contributed by atoms with van der Waals surface area (Å²) in [6, 6.07) is 18.7. The Morgan fingerprint density at radius 1 is 0.897 bits per heavy atom. The summed E-state index contributed by atoms with van der Waals surface area (Å²) in [7, 11) is 0. The third-order valence-electron chi connectivity index (χ3n) is 4.28. The van der Waals surface area contributed by atoms with Crippen molar-refractivity contribution >= 4 is 11.0 Å². The first kappa shape index (κ1) is 18.6. The first-order valence-electron chi connectivity index (χ1n) is 8.54.